The fourth-order valence-corrected chi connectivity index (χ4v) is 2.74. The molecule has 0 N–H and O–H groups in total. The Morgan fingerprint density at radius 3 is 2.33 bits per heavy atom. The number of hydrogen-bond acceptors (Lipinski definition) is 1. The lowest BCUT2D eigenvalue weighted by Gasteiger charge is -2.34. The van der Waals surface area contributed by atoms with Crippen molar-refractivity contribution >= 4 is 15.9 Å². The summed E-state index contributed by atoms with van der Waals surface area (Å²) in [7, 11) is 2.02. The smallest absolute Gasteiger partial charge is 0.248 e. The van der Waals surface area contributed by atoms with Gasteiger partial charge < -0.3 is 0 Å². The number of benzene rings is 1. The highest BCUT2D eigenvalue weighted by Gasteiger charge is 2.35. The highest BCUT2D eigenvalue weighted by Crippen LogP contribution is 2.35. The van der Waals surface area contributed by atoms with Crippen molar-refractivity contribution in [3.8, 4) is 0 Å². The number of hydrogen-bond donors (Lipinski definition) is 0. The van der Waals surface area contributed by atoms with Gasteiger partial charge in [0.05, 0.1) is 0 Å². The monoisotopic (exact) mass is 317 g/mol. The molecular weight excluding hydrogens is 300 g/mol. The minimum Gasteiger partial charge on any atom is -0.299 e. The average molecular weight is 318 g/mol. The van der Waals surface area contributed by atoms with Gasteiger partial charge in [0.25, 0.3) is 0 Å². The lowest BCUT2D eigenvalue weighted by molar-refractivity contribution is -0.0519. The van der Waals surface area contributed by atoms with Gasteiger partial charge >= 0.3 is 0 Å². The highest BCUT2D eigenvalue weighted by molar-refractivity contribution is 9.10. The third-order valence-corrected chi connectivity index (χ3v) is 4.18. The van der Waals surface area contributed by atoms with Crippen molar-refractivity contribution in [2.75, 3.05) is 7.05 Å². The molecule has 4 heteroatoms. The summed E-state index contributed by atoms with van der Waals surface area (Å²) >= 11 is 3.40. The first-order valence-electron chi connectivity index (χ1n) is 6.29. The SMILES string of the molecule is CN(Cc1ccc(Br)cc1)C1CCC(F)(F)CC1. The fourth-order valence-electron chi connectivity index (χ4n) is 2.47. The van der Waals surface area contributed by atoms with Crippen LogP contribution in [0.5, 0.6) is 0 Å². The fraction of sp³-hybridized carbons (Fsp3) is 0.571. The van der Waals surface area contributed by atoms with Crippen LogP contribution >= 0.6 is 15.9 Å². The minimum atomic E-state index is -2.44. The Morgan fingerprint density at radius 2 is 1.78 bits per heavy atom. The third kappa shape index (κ3) is 3.75. The summed E-state index contributed by atoms with van der Waals surface area (Å²) in [4.78, 5) is 2.19. The second kappa shape index (κ2) is 5.66. The van der Waals surface area contributed by atoms with Gasteiger partial charge in [-0.1, -0.05) is 28.1 Å². The highest BCUT2D eigenvalue weighted by atomic mass is 79.9. The van der Waals surface area contributed by atoms with Crippen LogP contribution in [-0.4, -0.2) is 23.9 Å². The maximum absolute atomic E-state index is 13.1. The second-order valence-electron chi connectivity index (χ2n) is 5.13. The predicted octanol–water partition coefficient (Wildman–Crippen LogP) is 4.46. The lowest BCUT2D eigenvalue weighted by Crippen LogP contribution is -2.38. The molecule has 1 aliphatic carbocycles. The lowest BCUT2D eigenvalue weighted by atomic mass is 9.91. The molecule has 1 aliphatic rings. The summed E-state index contributed by atoms with van der Waals surface area (Å²) in [6.07, 6.45) is 1.25. The normalized spacial score (nSPS) is 20.3. The Labute approximate surface area is 115 Å². The molecule has 18 heavy (non-hydrogen) atoms. The van der Waals surface area contributed by atoms with E-state index in [1.807, 2.05) is 19.2 Å². The molecule has 1 fully saturated rings. The third-order valence-electron chi connectivity index (χ3n) is 3.66. The van der Waals surface area contributed by atoms with Crippen molar-refractivity contribution in [1.82, 2.24) is 4.90 Å². The first kappa shape index (κ1) is 13.9. The van der Waals surface area contributed by atoms with Gasteiger partial charge in [0, 0.05) is 29.9 Å². The first-order valence-corrected chi connectivity index (χ1v) is 7.08. The molecule has 0 atom stereocenters. The van der Waals surface area contributed by atoms with E-state index in [1.165, 1.54) is 5.56 Å². The van der Waals surface area contributed by atoms with Gasteiger partial charge in [-0.3, -0.25) is 4.90 Å². The molecule has 0 saturated heterocycles. The van der Waals surface area contributed by atoms with E-state index in [1.54, 1.807) is 0 Å². The number of nitrogens with zero attached hydrogens (tertiary/aromatic N) is 1. The molecule has 0 heterocycles. The molecule has 100 valence electrons. The molecule has 0 bridgehead atoms. The molecule has 0 unspecified atom stereocenters. The summed E-state index contributed by atoms with van der Waals surface area (Å²) in [5.74, 6) is -2.44. The summed E-state index contributed by atoms with van der Waals surface area (Å²) < 4.78 is 27.2. The van der Waals surface area contributed by atoms with Crippen molar-refractivity contribution in [2.24, 2.45) is 0 Å². The van der Waals surface area contributed by atoms with E-state index in [9.17, 15) is 8.78 Å². The number of rotatable bonds is 3. The largest absolute Gasteiger partial charge is 0.299 e. The quantitative estimate of drug-likeness (QED) is 0.795. The minimum absolute atomic E-state index is 0.0301. The number of alkyl halides is 2. The summed E-state index contributed by atoms with van der Waals surface area (Å²) in [6, 6.07) is 8.44. The van der Waals surface area contributed by atoms with Crippen LogP contribution in [0.25, 0.3) is 0 Å². The van der Waals surface area contributed by atoms with E-state index < -0.39 is 5.92 Å². The summed E-state index contributed by atoms with van der Waals surface area (Å²) in [5, 5.41) is 0. The standard InChI is InChI=1S/C14H18BrF2N/c1-18(10-11-2-4-12(15)5-3-11)13-6-8-14(16,17)9-7-13/h2-5,13H,6-10H2,1H3. The van der Waals surface area contributed by atoms with Crippen LogP contribution in [0.15, 0.2) is 28.7 Å². The van der Waals surface area contributed by atoms with Crippen molar-refractivity contribution in [1.29, 1.82) is 0 Å². The van der Waals surface area contributed by atoms with Gasteiger partial charge in [-0.05, 0) is 37.6 Å². The van der Waals surface area contributed by atoms with Crippen molar-refractivity contribution in [3.05, 3.63) is 34.3 Å². The molecule has 0 radical (unpaired) electrons. The molecule has 0 spiro atoms. The van der Waals surface area contributed by atoms with Crippen LogP contribution in [0, 0.1) is 0 Å². The average Bonchev–Trinajstić information content (AvgIpc) is 2.32. The van der Waals surface area contributed by atoms with Crippen LogP contribution in [0.1, 0.15) is 31.2 Å². The molecule has 1 aromatic carbocycles. The zero-order valence-corrected chi connectivity index (χ0v) is 12.1. The summed E-state index contributed by atoms with van der Waals surface area (Å²) in [5.41, 5.74) is 1.22. The van der Waals surface area contributed by atoms with Crippen molar-refractivity contribution < 1.29 is 8.78 Å². The Morgan fingerprint density at radius 1 is 1.22 bits per heavy atom. The van der Waals surface area contributed by atoms with E-state index in [4.69, 9.17) is 0 Å². The van der Waals surface area contributed by atoms with Gasteiger partial charge in [0.15, 0.2) is 0 Å². The summed E-state index contributed by atoms with van der Waals surface area (Å²) in [6.45, 7) is 0.823. The van der Waals surface area contributed by atoms with E-state index in [-0.39, 0.29) is 18.9 Å². The Kier molecular flexibility index (Phi) is 4.38. The van der Waals surface area contributed by atoms with E-state index in [2.05, 4.69) is 33.0 Å². The van der Waals surface area contributed by atoms with E-state index in [0.29, 0.717) is 12.8 Å². The molecule has 1 saturated carbocycles. The molecular formula is C14H18BrF2N. The molecule has 0 aromatic heterocycles. The molecule has 1 aromatic rings. The Bertz CT molecular complexity index is 381. The van der Waals surface area contributed by atoms with E-state index in [0.717, 1.165) is 11.0 Å². The Balaban J connectivity index is 1.89. The van der Waals surface area contributed by atoms with Crippen LogP contribution < -0.4 is 0 Å². The molecule has 0 amide bonds. The first-order chi connectivity index (χ1) is 8.46. The maximum atomic E-state index is 13.1. The molecule has 1 nitrogen and oxygen atoms in total. The van der Waals surface area contributed by atoms with Crippen LogP contribution in [-0.2, 0) is 6.54 Å². The van der Waals surface area contributed by atoms with Gasteiger partial charge in [-0.25, -0.2) is 8.78 Å². The molecule has 2 rings (SSSR count). The van der Waals surface area contributed by atoms with Gasteiger partial charge in [-0.15, -0.1) is 0 Å². The van der Waals surface area contributed by atoms with Crippen molar-refractivity contribution in [3.63, 3.8) is 0 Å². The zero-order chi connectivity index (χ0) is 13.2. The van der Waals surface area contributed by atoms with Gasteiger partial charge in [0.2, 0.25) is 5.92 Å². The van der Waals surface area contributed by atoms with Gasteiger partial charge in [-0.2, -0.15) is 0 Å². The predicted molar refractivity (Wildman–Crippen MR) is 72.8 cm³/mol. The van der Waals surface area contributed by atoms with Crippen LogP contribution in [0.2, 0.25) is 0 Å². The van der Waals surface area contributed by atoms with Crippen LogP contribution in [0.4, 0.5) is 8.78 Å². The second-order valence-corrected chi connectivity index (χ2v) is 6.04. The van der Waals surface area contributed by atoms with Gasteiger partial charge in [0.1, 0.15) is 0 Å². The van der Waals surface area contributed by atoms with E-state index >= 15 is 0 Å². The van der Waals surface area contributed by atoms with Crippen molar-refractivity contribution in [2.45, 2.75) is 44.2 Å². The topological polar surface area (TPSA) is 3.24 Å². The zero-order valence-electron chi connectivity index (χ0n) is 10.5. The Hall–Kier alpha value is -0.480. The number of halogens is 3. The van der Waals surface area contributed by atoms with Crippen LogP contribution in [0.3, 0.4) is 0 Å². The maximum Gasteiger partial charge on any atom is 0.248 e. The molecule has 0 aliphatic heterocycles.